The molecule has 1 aliphatic rings. The first-order valence-electron chi connectivity index (χ1n) is 5.21. The fourth-order valence-electron chi connectivity index (χ4n) is 2.09. The van der Waals surface area contributed by atoms with E-state index in [1.54, 1.807) is 0 Å². The summed E-state index contributed by atoms with van der Waals surface area (Å²) in [5.41, 5.74) is 2.90. The predicted molar refractivity (Wildman–Crippen MR) is 58.1 cm³/mol. The summed E-state index contributed by atoms with van der Waals surface area (Å²) in [4.78, 5) is 10.8. The highest BCUT2D eigenvalue weighted by Crippen LogP contribution is 2.14. The molecule has 1 aromatic heterocycles. The molecule has 15 heavy (non-hydrogen) atoms. The largest absolute Gasteiger partial charge is 0.378 e. The monoisotopic (exact) mass is 208 g/mol. The van der Waals surface area contributed by atoms with Crippen molar-refractivity contribution in [2.75, 3.05) is 31.3 Å². The van der Waals surface area contributed by atoms with Gasteiger partial charge in [0.25, 0.3) is 0 Å². The average molecular weight is 208 g/mol. The van der Waals surface area contributed by atoms with Gasteiger partial charge >= 0.3 is 0 Å². The lowest BCUT2D eigenvalue weighted by molar-refractivity contribution is 0.110. The lowest BCUT2D eigenvalue weighted by Gasteiger charge is -2.32. The highest BCUT2D eigenvalue weighted by Gasteiger charge is 2.16. The predicted octanol–water partition coefficient (Wildman–Crippen LogP) is 0.886. The van der Waals surface area contributed by atoms with Crippen LogP contribution in [0.5, 0.6) is 0 Å². The van der Waals surface area contributed by atoms with E-state index in [2.05, 4.69) is 9.69 Å². The van der Waals surface area contributed by atoms with Gasteiger partial charge in [0.05, 0.1) is 26.3 Å². The van der Waals surface area contributed by atoms with E-state index in [9.17, 15) is 4.79 Å². The third kappa shape index (κ3) is 1.77. The Morgan fingerprint density at radius 2 is 2.00 bits per heavy atom. The summed E-state index contributed by atoms with van der Waals surface area (Å²) in [5.74, 6) is 0. The molecule has 0 N–H and O–H groups in total. The van der Waals surface area contributed by atoms with Gasteiger partial charge in [-0.05, 0) is 19.9 Å². The first-order chi connectivity index (χ1) is 7.24. The summed E-state index contributed by atoms with van der Waals surface area (Å²) < 4.78 is 7.43. The van der Waals surface area contributed by atoms with Crippen molar-refractivity contribution in [3.8, 4) is 0 Å². The molecule has 2 heterocycles. The topological polar surface area (TPSA) is 34.5 Å². The molecule has 1 aromatic rings. The van der Waals surface area contributed by atoms with Crippen molar-refractivity contribution < 1.29 is 9.53 Å². The molecule has 0 aromatic carbocycles. The van der Waals surface area contributed by atoms with Crippen LogP contribution in [0.2, 0.25) is 0 Å². The van der Waals surface area contributed by atoms with Gasteiger partial charge in [-0.1, -0.05) is 0 Å². The van der Waals surface area contributed by atoms with Crippen LogP contribution in [0.3, 0.4) is 0 Å². The van der Waals surface area contributed by atoms with Gasteiger partial charge < -0.3 is 9.75 Å². The number of hydrogen-bond donors (Lipinski definition) is 0. The second kappa shape index (κ2) is 4.06. The summed E-state index contributed by atoms with van der Waals surface area (Å²) in [7, 11) is 0. The minimum atomic E-state index is 0.757. The van der Waals surface area contributed by atoms with Gasteiger partial charge in [0.1, 0.15) is 0 Å². The zero-order valence-electron chi connectivity index (χ0n) is 9.19. The molecule has 0 aliphatic carbocycles. The highest BCUT2D eigenvalue weighted by atomic mass is 16.5. The first kappa shape index (κ1) is 10.2. The van der Waals surface area contributed by atoms with Gasteiger partial charge in [0.15, 0.2) is 6.29 Å². The van der Waals surface area contributed by atoms with Crippen molar-refractivity contribution in [1.29, 1.82) is 0 Å². The Hall–Kier alpha value is -1.29. The van der Waals surface area contributed by atoms with E-state index in [4.69, 9.17) is 4.74 Å². The van der Waals surface area contributed by atoms with E-state index >= 15 is 0 Å². The molecule has 4 nitrogen and oxygen atoms in total. The van der Waals surface area contributed by atoms with Crippen LogP contribution in [0.4, 0.5) is 0 Å². The Bertz CT molecular complexity index is 365. The smallest absolute Gasteiger partial charge is 0.151 e. The zero-order valence-corrected chi connectivity index (χ0v) is 9.19. The van der Waals surface area contributed by atoms with Gasteiger partial charge in [-0.2, -0.15) is 0 Å². The lowest BCUT2D eigenvalue weighted by Crippen LogP contribution is -2.44. The number of carbonyl (C=O) groups excluding carboxylic acids is 1. The molecule has 0 bridgehead atoms. The molecule has 0 spiro atoms. The minimum absolute atomic E-state index is 0.757. The number of morpholine rings is 1. The van der Waals surface area contributed by atoms with Crippen LogP contribution in [-0.4, -0.2) is 37.3 Å². The van der Waals surface area contributed by atoms with Crippen molar-refractivity contribution in [1.82, 2.24) is 4.68 Å². The van der Waals surface area contributed by atoms with Crippen molar-refractivity contribution in [2.45, 2.75) is 13.8 Å². The Kier molecular flexibility index (Phi) is 2.77. The molecule has 1 aliphatic heterocycles. The van der Waals surface area contributed by atoms with Crippen molar-refractivity contribution in [3.63, 3.8) is 0 Å². The van der Waals surface area contributed by atoms with E-state index in [0.29, 0.717) is 0 Å². The summed E-state index contributed by atoms with van der Waals surface area (Å²) in [6, 6.07) is 1.93. The van der Waals surface area contributed by atoms with Crippen LogP contribution in [0.25, 0.3) is 0 Å². The average Bonchev–Trinajstić information content (AvgIpc) is 2.55. The van der Waals surface area contributed by atoms with Crippen LogP contribution >= 0.6 is 0 Å². The molecule has 82 valence electrons. The summed E-state index contributed by atoms with van der Waals surface area (Å²) >= 11 is 0. The molecular formula is C11H16N2O2. The van der Waals surface area contributed by atoms with Gasteiger partial charge in [-0.3, -0.25) is 9.47 Å². The molecule has 0 saturated carbocycles. The highest BCUT2D eigenvalue weighted by molar-refractivity contribution is 5.77. The molecule has 2 rings (SSSR count). The number of aryl methyl sites for hydroxylation is 1. The van der Waals surface area contributed by atoms with Crippen molar-refractivity contribution in [3.05, 3.63) is 23.0 Å². The zero-order chi connectivity index (χ0) is 10.8. The third-order valence-electron chi connectivity index (χ3n) is 2.83. The first-order valence-corrected chi connectivity index (χ1v) is 5.21. The molecule has 0 radical (unpaired) electrons. The Morgan fingerprint density at radius 1 is 1.33 bits per heavy atom. The van der Waals surface area contributed by atoms with Gasteiger partial charge in [0.2, 0.25) is 0 Å². The van der Waals surface area contributed by atoms with Gasteiger partial charge in [-0.15, -0.1) is 0 Å². The quantitative estimate of drug-likeness (QED) is 0.677. The molecule has 1 saturated heterocycles. The normalized spacial score (nSPS) is 16.8. The standard InChI is InChI=1S/C11H16N2O2/c1-9-7-11(8-14)10(2)13(9)12-3-5-15-6-4-12/h7-8H,3-6H2,1-2H3. The van der Waals surface area contributed by atoms with E-state index in [-0.39, 0.29) is 0 Å². The fourth-order valence-corrected chi connectivity index (χ4v) is 2.09. The summed E-state index contributed by atoms with van der Waals surface area (Å²) in [6.07, 6.45) is 0.916. The molecule has 0 unspecified atom stereocenters. The van der Waals surface area contributed by atoms with Crippen LogP contribution in [0, 0.1) is 13.8 Å². The second-order valence-electron chi connectivity index (χ2n) is 3.82. The van der Waals surface area contributed by atoms with E-state index in [1.165, 1.54) is 0 Å². The minimum Gasteiger partial charge on any atom is -0.378 e. The van der Waals surface area contributed by atoms with Gasteiger partial charge in [-0.25, -0.2) is 0 Å². The summed E-state index contributed by atoms with van der Waals surface area (Å²) in [6.45, 7) is 7.28. The molecule has 1 fully saturated rings. The Balaban J connectivity index is 2.33. The number of aromatic nitrogens is 1. The molecular weight excluding hydrogens is 192 g/mol. The number of hydrogen-bond acceptors (Lipinski definition) is 3. The SMILES string of the molecule is Cc1cc(C=O)c(C)n1N1CCOCC1. The third-order valence-corrected chi connectivity index (χ3v) is 2.83. The maximum Gasteiger partial charge on any atom is 0.151 e. The lowest BCUT2D eigenvalue weighted by atomic mass is 10.3. The van der Waals surface area contributed by atoms with E-state index in [0.717, 1.165) is 49.5 Å². The summed E-state index contributed by atoms with van der Waals surface area (Å²) in [5, 5.41) is 2.22. The molecule has 0 atom stereocenters. The van der Waals surface area contributed by atoms with Crippen LogP contribution in [0.1, 0.15) is 21.7 Å². The molecule has 0 amide bonds. The number of carbonyl (C=O) groups is 1. The van der Waals surface area contributed by atoms with E-state index in [1.807, 2.05) is 19.9 Å². The van der Waals surface area contributed by atoms with Gasteiger partial charge in [0, 0.05) is 17.0 Å². The van der Waals surface area contributed by atoms with Crippen LogP contribution in [0.15, 0.2) is 6.07 Å². The van der Waals surface area contributed by atoms with Crippen LogP contribution < -0.4 is 5.01 Å². The number of rotatable bonds is 2. The number of ether oxygens (including phenoxy) is 1. The Morgan fingerprint density at radius 3 is 2.53 bits per heavy atom. The number of aldehydes is 1. The maximum atomic E-state index is 10.8. The molecule has 4 heteroatoms. The maximum absolute atomic E-state index is 10.8. The van der Waals surface area contributed by atoms with Crippen molar-refractivity contribution >= 4 is 6.29 Å². The second-order valence-corrected chi connectivity index (χ2v) is 3.82. The van der Waals surface area contributed by atoms with Crippen molar-refractivity contribution in [2.24, 2.45) is 0 Å². The fraction of sp³-hybridized carbons (Fsp3) is 0.545. The Labute approximate surface area is 89.4 Å². The van der Waals surface area contributed by atoms with Crippen LogP contribution in [-0.2, 0) is 4.74 Å². The number of nitrogens with zero attached hydrogens (tertiary/aromatic N) is 2. The van der Waals surface area contributed by atoms with E-state index < -0.39 is 0 Å².